The van der Waals surface area contributed by atoms with Crippen molar-refractivity contribution in [3.8, 4) is 0 Å². The van der Waals surface area contributed by atoms with Crippen molar-refractivity contribution < 1.29 is 8.98 Å². The smallest absolute Gasteiger partial charge is 0.375 e. The molecule has 182 valence electrons. The molecule has 5 rings (SSSR count). The highest BCUT2D eigenvalue weighted by Crippen LogP contribution is 2.51. The van der Waals surface area contributed by atoms with Gasteiger partial charge in [-0.2, -0.15) is 4.57 Å². The van der Waals surface area contributed by atoms with Crippen LogP contribution in [0.5, 0.6) is 0 Å². The normalized spacial score (nSPS) is 20.7. The molecule has 1 aliphatic heterocycles. The van der Waals surface area contributed by atoms with Gasteiger partial charge in [0.2, 0.25) is 5.58 Å². The summed E-state index contributed by atoms with van der Waals surface area (Å²) < 4.78 is 8.55. The number of allylic oxidation sites excluding steroid dienone is 5. The molecule has 0 fully saturated rings. The number of hydrogen-bond donors (Lipinski definition) is 0. The Morgan fingerprint density at radius 2 is 1.77 bits per heavy atom. The minimum absolute atomic E-state index is 0.0408. The standard InChI is InChI=1S/C32H39N2O/c1-24(2)20-22-34-27-17-8-7-16-26(27)32(3,21-12-11-15-25-13-5-6-14-25)30(34)23-31-33(4)28-18-9-10-19-29(28)35-31/h5-10,13-14,16-19,23-25H,11-12,15,20-22H2,1-4H3/q+1. The van der Waals surface area contributed by atoms with Gasteiger partial charge in [0.25, 0.3) is 5.52 Å². The molecule has 0 saturated heterocycles. The Morgan fingerprint density at radius 3 is 2.54 bits per heavy atom. The van der Waals surface area contributed by atoms with E-state index in [9.17, 15) is 0 Å². The van der Waals surface area contributed by atoms with E-state index < -0.39 is 0 Å². The maximum atomic E-state index is 6.36. The molecule has 3 aromatic rings. The van der Waals surface area contributed by atoms with Gasteiger partial charge in [-0.3, -0.25) is 0 Å². The molecule has 0 radical (unpaired) electrons. The van der Waals surface area contributed by atoms with Crippen LogP contribution in [0.4, 0.5) is 5.69 Å². The van der Waals surface area contributed by atoms with Crippen LogP contribution in [0.1, 0.15) is 64.3 Å². The molecule has 1 aliphatic carbocycles. The van der Waals surface area contributed by atoms with Crippen molar-refractivity contribution in [2.45, 2.75) is 58.3 Å². The minimum atomic E-state index is -0.0408. The summed E-state index contributed by atoms with van der Waals surface area (Å²) in [5.74, 6) is 2.19. The number of oxazole rings is 1. The molecular weight excluding hydrogens is 428 g/mol. The molecule has 2 aromatic carbocycles. The monoisotopic (exact) mass is 467 g/mol. The van der Waals surface area contributed by atoms with Crippen LogP contribution in [0.2, 0.25) is 0 Å². The molecule has 0 N–H and O–H groups in total. The van der Waals surface area contributed by atoms with E-state index in [4.69, 9.17) is 4.42 Å². The number of hydrogen-bond acceptors (Lipinski definition) is 2. The highest BCUT2D eigenvalue weighted by molar-refractivity contribution is 5.76. The van der Waals surface area contributed by atoms with Crippen LogP contribution >= 0.6 is 0 Å². The summed E-state index contributed by atoms with van der Waals surface area (Å²) in [7, 11) is 2.11. The van der Waals surface area contributed by atoms with Gasteiger partial charge in [-0.1, -0.05) is 81.3 Å². The van der Waals surface area contributed by atoms with Crippen molar-refractivity contribution in [3.05, 3.63) is 90.0 Å². The fraction of sp³-hybridized carbons (Fsp3) is 0.406. The third-order valence-corrected chi connectivity index (χ3v) is 7.90. The number of benzene rings is 2. The van der Waals surface area contributed by atoms with Crippen molar-refractivity contribution in [1.29, 1.82) is 0 Å². The predicted octanol–water partition coefficient (Wildman–Crippen LogP) is 7.72. The summed E-state index contributed by atoms with van der Waals surface area (Å²) in [6.45, 7) is 8.11. The molecule has 1 atom stereocenters. The molecule has 0 amide bonds. The van der Waals surface area contributed by atoms with Gasteiger partial charge in [0.15, 0.2) is 0 Å². The van der Waals surface area contributed by atoms with Crippen LogP contribution in [0, 0.1) is 11.8 Å². The van der Waals surface area contributed by atoms with Gasteiger partial charge in [0.05, 0.1) is 6.08 Å². The van der Waals surface area contributed by atoms with Crippen LogP contribution in [0.3, 0.4) is 0 Å². The first-order chi connectivity index (χ1) is 17.0. The molecular formula is C32H39N2O+. The SMILES string of the molecule is CC(C)CCN1C(=Cc2oc3ccccc3[n+]2C)C(C)(CCCCC2C=CC=C2)c2ccccc21. The van der Waals surface area contributed by atoms with E-state index in [0.29, 0.717) is 11.8 Å². The lowest BCUT2D eigenvalue weighted by Crippen LogP contribution is -2.33. The lowest BCUT2D eigenvalue weighted by atomic mass is 9.77. The first-order valence-corrected chi connectivity index (χ1v) is 13.3. The summed E-state index contributed by atoms with van der Waals surface area (Å²) in [6.07, 6.45) is 17.3. The Hall–Kier alpha value is -3.07. The quantitative estimate of drug-likeness (QED) is 0.237. The third kappa shape index (κ3) is 4.61. The average Bonchev–Trinajstić information content (AvgIpc) is 3.54. The fourth-order valence-corrected chi connectivity index (χ4v) is 5.76. The molecule has 0 bridgehead atoms. The van der Waals surface area contributed by atoms with Crippen molar-refractivity contribution in [1.82, 2.24) is 0 Å². The molecule has 3 nitrogen and oxygen atoms in total. The van der Waals surface area contributed by atoms with E-state index in [1.807, 2.05) is 6.07 Å². The largest absolute Gasteiger partial charge is 0.398 e. The highest BCUT2D eigenvalue weighted by atomic mass is 16.3. The third-order valence-electron chi connectivity index (χ3n) is 7.90. The zero-order valence-corrected chi connectivity index (χ0v) is 21.7. The van der Waals surface area contributed by atoms with Crippen LogP contribution in [0.25, 0.3) is 17.2 Å². The molecule has 1 aromatic heterocycles. The van der Waals surface area contributed by atoms with E-state index >= 15 is 0 Å². The number of para-hydroxylation sites is 3. The topological polar surface area (TPSA) is 20.3 Å². The van der Waals surface area contributed by atoms with Gasteiger partial charge in [-0.25, -0.2) is 0 Å². The number of anilines is 1. The van der Waals surface area contributed by atoms with Crippen LogP contribution in [-0.2, 0) is 12.5 Å². The zero-order valence-electron chi connectivity index (χ0n) is 21.7. The Morgan fingerprint density at radius 1 is 1.03 bits per heavy atom. The summed E-state index contributed by atoms with van der Waals surface area (Å²) in [4.78, 5) is 2.57. The van der Waals surface area contributed by atoms with E-state index in [0.717, 1.165) is 36.4 Å². The van der Waals surface area contributed by atoms with E-state index in [1.165, 1.54) is 36.2 Å². The fourth-order valence-electron chi connectivity index (χ4n) is 5.76. The van der Waals surface area contributed by atoms with Gasteiger partial charge < -0.3 is 9.32 Å². The minimum Gasteiger partial charge on any atom is -0.398 e. The predicted molar refractivity (Wildman–Crippen MR) is 146 cm³/mol. The van der Waals surface area contributed by atoms with Gasteiger partial charge in [0, 0.05) is 29.4 Å². The molecule has 0 spiro atoms. The maximum Gasteiger partial charge on any atom is 0.375 e. The second-order valence-electron chi connectivity index (χ2n) is 10.9. The Bertz CT molecular complexity index is 1270. The number of aryl methyl sites for hydroxylation is 1. The van der Waals surface area contributed by atoms with Crippen LogP contribution in [-0.4, -0.2) is 6.54 Å². The van der Waals surface area contributed by atoms with Gasteiger partial charge in [-0.05, 0) is 55.7 Å². The van der Waals surface area contributed by atoms with Crippen molar-refractivity contribution in [2.75, 3.05) is 11.4 Å². The lowest BCUT2D eigenvalue weighted by Gasteiger charge is -2.30. The molecule has 3 heteroatoms. The molecule has 1 unspecified atom stereocenters. The number of aromatic nitrogens is 1. The Labute approximate surface area is 210 Å². The Balaban J connectivity index is 1.52. The van der Waals surface area contributed by atoms with E-state index in [2.05, 4.69) is 110 Å². The van der Waals surface area contributed by atoms with Crippen LogP contribution < -0.4 is 9.47 Å². The number of nitrogens with zero attached hydrogens (tertiary/aromatic N) is 2. The van der Waals surface area contributed by atoms with Gasteiger partial charge in [-0.15, -0.1) is 0 Å². The zero-order chi connectivity index (χ0) is 24.4. The van der Waals surface area contributed by atoms with Crippen LogP contribution in [0.15, 0.2) is 82.9 Å². The van der Waals surface area contributed by atoms with Gasteiger partial charge in [0.1, 0.15) is 7.05 Å². The number of fused-ring (bicyclic) bond motifs is 2. The second kappa shape index (κ2) is 9.89. The number of unbranched alkanes of at least 4 members (excludes halogenated alkanes) is 1. The highest BCUT2D eigenvalue weighted by Gasteiger charge is 2.43. The average molecular weight is 468 g/mol. The summed E-state index contributed by atoms with van der Waals surface area (Å²) in [5, 5.41) is 0. The molecule has 0 saturated carbocycles. The summed E-state index contributed by atoms with van der Waals surface area (Å²) in [5.41, 5.74) is 6.21. The first kappa shape index (κ1) is 23.7. The van der Waals surface area contributed by atoms with Crippen molar-refractivity contribution in [2.24, 2.45) is 18.9 Å². The Kier molecular flexibility index (Phi) is 6.69. The molecule has 2 aliphatic rings. The number of rotatable bonds is 9. The first-order valence-electron chi connectivity index (χ1n) is 13.3. The van der Waals surface area contributed by atoms with Crippen molar-refractivity contribution in [3.63, 3.8) is 0 Å². The summed E-state index contributed by atoms with van der Waals surface area (Å²) in [6, 6.07) is 17.4. The lowest BCUT2D eigenvalue weighted by molar-refractivity contribution is -0.652. The maximum absolute atomic E-state index is 6.36. The second-order valence-corrected chi connectivity index (χ2v) is 10.9. The summed E-state index contributed by atoms with van der Waals surface area (Å²) >= 11 is 0. The molecule has 2 heterocycles. The molecule has 35 heavy (non-hydrogen) atoms. The van der Waals surface area contributed by atoms with Gasteiger partial charge >= 0.3 is 5.89 Å². The van der Waals surface area contributed by atoms with E-state index in [-0.39, 0.29) is 5.41 Å². The van der Waals surface area contributed by atoms with E-state index in [1.54, 1.807) is 0 Å². The van der Waals surface area contributed by atoms with Crippen molar-refractivity contribution >= 4 is 22.9 Å².